The van der Waals surface area contributed by atoms with Crippen molar-refractivity contribution in [3.8, 4) is 22.8 Å². The summed E-state index contributed by atoms with van der Waals surface area (Å²) < 4.78 is 5.82. The number of nitrogen functional groups attached to an aromatic ring is 1. The number of rotatable bonds is 3. The van der Waals surface area contributed by atoms with Crippen LogP contribution in [0.2, 0.25) is 5.15 Å². The van der Waals surface area contributed by atoms with E-state index in [4.69, 9.17) is 22.1 Å². The van der Waals surface area contributed by atoms with Gasteiger partial charge in [-0.1, -0.05) is 29.8 Å². The Morgan fingerprint density at radius 1 is 1.00 bits per heavy atom. The first kappa shape index (κ1) is 15.5. The van der Waals surface area contributed by atoms with Crippen LogP contribution in [-0.2, 0) is 0 Å². The summed E-state index contributed by atoms with van der Waals surface area (Å²) in [6, 6.07) is 17.3. The highest BCUT2D eigenvalue weighted by atomic mass is 35.5. The maximum atomic E-state index is 6.27. The van der Waals surface area contributed by atoms with Crippen molar-refractivity contribution in [2.24, 2.45) is 0 Å². The number of aromatic nitrogens is 3. The Hall–Kier alpha value is -3.05. The van der Waals surface area contributed by atoms with Gasteiger partial charge in [-0.05, 0) is 43.3 Å². The fourth-order valence-electron chi connectivity index (χ4n) is 2.72. The Labute approximate surface area is 149 Å². The van der Waals surface area contributed by atoms with Gasteiger partial charge >= 0.3 is 0 Å². The van der Waals surface area contributed by atoms with E-state index < -0.39 is 0 Å². The van der Waals surface area contributed by atoms with E-state index in [1.807, 2.05) is 61.5 Å². The molecule has 0 amide bonds. The van der Waals surface area contributed by atoms with Gasteiger partial charge in [0, 0.05) is 11.1 Å². The number of ether oxygens (including phenoxy) is 1. The second-order valence-electron chi connectivity index (χ2n) is 5.67. The van der Waals surface area contributed by atoms with E-state index >= 15 is 0 Å². The number of pyridine rings is 1. The van der Waals surface area contributed by atoms with Gasteiger partial charge in [0.15, 0.2) is 5.82 Å². The van der Waals surface area contributed by atoms with Gasteiger partial charge in [-0.25, -0.2) is 4.98 Å². The number of nitrogens with one attached hydrogen (secondary N) is 1. The molecule has 0 saturated heterocycles. The molecule has 2 heterocycles. The number of hydrogen-bond donors (Lipinski definition) is 2. The molecular formula is C19H15ClN4O. The summed E-state index contributed by atoms with van der Waals surface area (Å²) in [5.41, 5.74) is 9.23. The molecule has 5 nitrogen and oxygen atoms in total. The molecule has 0 fully saturated rings. The molecule has 4 aromatic rings. The number of halogens is 1. The van der Waals surface area contributed by atoms with E-state index in [2.05, 4.69) is 15.2 Å². The molecule has 3 N–H and O–H groups in total. The highest BCUT2D eigenvalue weighted by Crippen LogP contribution is 2.35. The van der Waals surface area contributed by atoms with E-state index in [0.29, 0.717) is 16.7 Å². The van der Waals surface area contributed by atoms with Crippen molar-refractivity contribution in [1.82, 2.24) is 15.2 Å². The van der Waals surface area contributed by atoms with Crippen molar-refractivity contribution >= 4 is 28.3 Å². The van der Waals surface area contributed by atoms with Crippen molar-refractivity contribution in [1.29, 1.82) is 0 Å². The van der Waals surface area contributed by atoms with Gasteiger partial charge in [-0.15, -0.1) is 0 Å². The molecule has 2 aromatic heterocycles. The van der Waals surface area contributed by atoms with Crippen LogP contribution < -0.4 is 10.5 Å². The summed E-state index contributed by atoms with van der Waals surface area (Å²) in [6.07, 6.45) is 0. The molecule has 0 aliphatic heterocycles. The van der Waals surface area contributed by atoms with Crippen LogP contribution in [0.1, 0.15) is 5.56 Å². The summed E-state index contributed by atoms with van der Waals surface area (Å²) in [6.45, 7) is 1.88. The molecule has 25 heavy (non-hydrogen) atoms. The van der Waals surface area contributed by atoms with Crippen molar-refractivity contribution in [2.75, 3.05) is 5.73 Å². The van der Waals surface area contributed by atoms with E-state index in [-0.39, 0.29) is 0 Å². The number of anilines is 1. The Kier molecular flexibility index (Phi) is 3.78. The van der Waals surface area contributed by atoms with Crippen molar-refractivity contribution in [3.63, 3.8) is 0 Å². The first-order valence-electron chi connectivity index (χ1n) is 7.76. The molecule has 2 aromatic carbocycles. The van der Waals surface area contributed by atoms with E-state index in [0.717, 1.165) is 33.5 Å². The first-order chi connectivity index (χ1) is 12.1. The summed E-state index contributed by atoms with van der Waals surface area (Å²) in [5, 5.41) is 8.22. The Morgan fingerprint density at radius 2 is 1.68 bits per heavy atom. The van der Waals surface area contributed by atoms with E-state index in [1.54, 1.807) is 0 Å². The van der Waals surface area contributed by atoms with Crippen LogP contribution in [0.15, 0.2) is 54.6 Å². The number of H-pyrrole nitrogens is 1. The number of aryl methyl sites for hydroxylation is 1. The third-order valence-corrected chi connectivity index (χ3v) is 4.40. The molecule has 0 aliphatic carbocycles. The van der Waals surface area contributed by atoms with Crippen LogP contribution in [0.4, 0.5) is 5.82 Å². The number of benzene rings is 2. The van der Waals surface area contributed by atoms with Gasteiger partial charge in [0.05, 0.1) is 16.6 Å². The third-order valence-electron chi connectivity index (χ3n) is 4.03. The monoisotopic (exact) mass is 350 g/mol. The van der Waals surface area contributed by atoms with Crippen LogP contribution in [0, 0.1) is 6.92 Å². The first-order valence-corrected chi connectivity index (χ1v) is 8.14. The summed E-state index contributed by atoms with van der Waals surface area (Å²) in [4.78, 5) is 4.50. The Bertz CT molecular complexity index is 1040. The number of hydrogen-bond acceptors (Lipinski definition) is 4. The largest absolute Gasteiger partial charge is 0.457 e. The van der Waals surface area contributed by atoms with Crippen molar-refractivity contribution in [2.45, 2.75) is 6.92 Å². The lowest BCUT2D eigenvalue weighted by Crippen LogP contribution is -1.93. The molecule has 124 valence electrons. The normalized spacial score (nSPS) is 11.0. The summed E-state index contributed by atoms with van der Waals surface area (Å²) in [7, 11) is 0. The fraction of sp³-hybridized carbons (Fsp3) is 0.0526. The van der Waals surface area contributed by atoms with Gasteiger partial charge < -0.3 is 10.5 Å². The number of nitrogens with zero attached hydrogens (tertiary/aromatic N) is 2. The van der Waals surface area contributed by atoms with Crippen LogP contribution in [-0.4, -0.2) is 15.2 Å². The fourth-order valence-corrected chi connectivity index (χ4v) is 2.90. The molecule has 4 rings (SSSR count). The van der Waals surface area contributed by atoms with Crippen LogP contribution >= 0.6 is 11.6 Å². The van der Waals surface area contributed by atoms with Crippen molar-refractivity contribution < 1.29 is 4.74 Å². The maximum Gasteiger partial charge on any atom is 0.155 e. The van der Waals surface area contributed by atoms with Gasteiger partial charge in [-0.2, -0.15) is 5.10 Å². The average molecular weight is 351 g/mol. The number of para-hydroxylation sites is 1. The third kappa shape index (κ3) is 2.79. The number of fused-ring (bicyclic) bond motifs is 1. The van der Waals surface area contributed by atoms with Crippen LogP contribution in [0.3, 0.4) is 0 Å². The topological polar surface area (TPSA) is 76.8 Å². The van der Waals surface area contributed by atoms with Gasteiger partial charge in [-0.3, -0.25) is 5.10 Å². The molecule has 6 heteroatoms. The molecule has 0 atom stereocenters. The minimum atomic E-state index is 0.405. The standard InChI is InChI=1S/C19H15ClN4O/c1-11-16-15(19(21)24-23-16)17(22-18(11)20)12-7-9-14(10-8-12)25-13-5-3-2-4-6-13/h2-10H,1H3,(H3,21,23,24). The quantitative estimate of drug-likeness (QED) is 0.512. The van der Waals surface area contributed by atoms with Crippen molar-refractivity contribution in [3.05, 3.63) is 65.3 Å². The van der Waals surface area contributed by atoms with Crippen LogP contribution in [0.5, 0.6) is 11.5 Å². The Balaban J connectivity index is 1.75. The molecule has 0 unspecified atom stereocenters. The number of aromatic amines is 1. The lowest BCUT2D eigenvalue weighted by atomic mass is 10.1. The summed E-state index contributed by atoms with van der Waals surface area (Å²) >= 11 is 6.27. The molecule has 0 spiro atoms. The molecule has 0 radical (unpaired) electrons. The zero-order valence-corrected chi connectivity index (χ0v) is 14.2. The van der Waals surface area contributed by atoms with E-state index in [9.17, 15) is 0 Å². The summed E-state index contributed by atoms with van der Waals surface area (Å²) in [5.74, 6) is 1.93. The van der Waals surface area contributed by atoms with Gasteiger partial charge in [0.1, 0.15) is 16.7 Å². The molecule has 0 aliphatic rings. The molecule has 0 saturated carbocycles. The molecular weight excluding hydrogens is 336 g/mol. The SMILES string of the molecule is Cc1c(Cl)nc(-c2ccc(Oc3ccccc3)cc2)c2c(N)n[nH]c12. The lowest BCUT2D eigenvalue weighted by molar-refractivity contribution is 0.483. The van der Waals surface area contributed by atoms with E-state index in [1.165, 1.54) is 0 Å². The Morgan fingerprint density at radius 3 is 2.40 bits per heavy atom. The zero-order valence-electron chi connectivity index (χ0n) is 13.5. The minimum absolute atomic E-state index is 0.405. The average Bonchev–Trinajstić information content (AvgIpc) is 3.02. The number of nitrogens with two attached hydrogens (primary N) is 1. The highest BCUT2D eigenvalue weighted by Gasteiger charge is 2.16. The maximum absolute atomic E-state index is 6.27. The minimum Gasteiger partial charge on any atom is -0.457 e. The predicted molar refractivity (Wildman–Crippen MR) is 100 cm³/mol. The van der Waals surface area contributed by atoms with Gasteiger partial charge in [0.2, 0.25) is 0 Å². The zero-order chi connectivity index (χ0) is 17.4. The smallest absolute Gasteiger partial charge is 0.155 e. The highest BCUT2D eigenvalue weighted by molar-refractivity contribution is 6.31. The predicted octanol–water partition coefficient (Wildman–Crippen LogP) is 4.96. The molecule has 0 bridgehead atoms. The lowest BCUT2D eigenvalue weighted by Gasteiger charge is -2.09. The second-order valence-corrected chi connectivity index (χ2v) is 6.03. The van der Waals surface area contributed by atoms with Gasteiger partial charge in [0.25, 0.3) is 0 Å². The van der Waals surface area contributed by atoms with Crippen LogP contribution in [0.25, 0.3) is 22.2 Å². The second kappa shape index (κ2) is 6.11.